The second-order valence-corrected chi connectivity index (χ2v) is 24.9. The number of fused-ring (bicyclic) bond motifs is 7. The second kappa shape index (κ2) is 24.6. The van der Waals surface area contributed by atoms with Crippen LogP contribution in [0.15, 0.2) is 376 Å². The molecule has 0 bridgehead atoms. The van der Waals surface area contributed by atoms with E-state index in [0.717, 1.165) is 123 Å². The number of hydrogen-bond acceptors (Lipinski definition) is 4. The van der Waals surface area contributed by atoms with Crippen LogP contribution in [-0.2, 0) is 0 Å². The summed E-state index contributed by atoms with van der Waals surface area (Å²) in [4.78, 5) is 16.6. The fourth-order valence-electron chi connectivity index (χ4n) is 14.4. The fraction of sp³-hybridized carbons (Fsp3) is 0. The highest BCUT2D eigenvalue weighted by atomic mass is 15.1. The van der Waals surface area contributed by atoms with Crippen molar-refractivity contribution in [2.24, 2.45) is 0 Å². The molecule has 0 amide bonds. The zero-order chi connectivity index (χ0) is 64.9. The van der Waals surface area contributed by atoms with E-state index in [0.29, 0.717) is 0 Å². The van der Waals surface area contributed by atoms with Crippen molar-refractivity contribution in [2.75, 3.05) is 9.80 Å². The van der Waals surface area contributed by atoms with Crippen LogP contribution < -0.4 is 9.80 Å². The van der Waals surface area contributed by atoms with Crippen molar-refractivity contribution in [3.8, 4) is 78.4 Å². The SMILES string of the molecule is c1ccc(-c2ccc(-c3ccc(-c4ccc(-c5ccccc5)cc4)c4nc(-c5ccc(N(c6ccccc6)c6ccc7c(c6)c6ccccc6n7-c6ccccc6)cc5)c(-c5ccc(N(c6ccccc6)c6ccc7c(c6)c6ccccc6n7-c6ccccc6)cc5)nc34)cc2)cc1. The quantitative estimate of drug-likeness (QED) is 0.109. The van der Waals surface area contributed by atoms with Gasteiger partial charge in [-0.15, -0.1) is 0 Å². The molecule has 3 heterocycles. The third kappa shape index (κ3) is 10.3. The summed E-state index contributed by atoms with van der Waals surface area (Å²) in [6, 6.07) is 135. The van der Waals surface area contributed by atoms with Crippen molar-refractivity contribution in [1.29, 1.82) is 0 Å². The molecule has 0 atom stereocenters. The Bertz CT molecular complexity index is 5550. The van der Waals surface area contributed by atoms with Crippen LogP contribution in [0.25, 0.3) is 133 Å². The maximum Gasteiger partial charge on any atom is 0.0979 e. The smallest absolute Gasteiger partial charge is 0.0979 e. The topological polar surface area (TPSA) is 42.1 Å². The highest BCUT2D eigenvalue weighted by molar-refractivity contribution is 6.12. The van der Waals surface area contributed by atoms with Gasteiger partial charge in [0.25, 0.3) is 0 Å². The molecular weight excluding hydrogens is 1190 g/mol. The lowest BCUT2D eigenvalue weighted by atomic mass is 9.94. The fourth-order valence-corrected chi connectivity index (χ4v) is 14.4. The number of hydrogen-bond donors (Lipinski definition) is 0. The maximum absolute atomic E-state index is 5.95. The molecule has 0 aliphatic heterocycles. The first-order valence-electron chi connectivity index (χ1n) is 33.4. The first kappa shape index (κ1) is 57.5. The molecule has 0 aliphatic carbocycles. The minimum absolute atomic E-state index is 0.775. The molecular formula is C92H62N6. The van der Waals surface area contributed by atoms with Gasteiger partial charge in [-0.05, 0) is 155 Å². The number of benzene rings is 15. The molecule has 0 radical (unpaired) electrons. The highest BCUT2D eigenvalue weighted by Crippen LogP contribution is 2.46. The zero-order valence-electron chi connectivity index (χ0n) is 53.5. The van der Waals surface area contributed by atoms with Crippen LogP contribution in [-0.4, -0.2) is 19.1 Å². The Hall–Kier alpha value is -13.2. The van der Waals surface area contributed by atoms with Crippen LogP contribution in [0.4, 0.5) is 34.1 Å². The summed E-state index contributed by atoms with van der Waals surface area (Å²) in [7, 11) is 0. The van der Waals surface area contributed by atoms with Crippen molar-refractivity contribution in [2.45, 2.75) is 0 Å². The molecule has 15 aromatic carbocycles. The van der Waals surface area contributed by atoms with Gasteiger partial charge in [0, 0.05) is 89.3 Å². The molecule has 0 unspecified atom stereocenters. The van der Waals surface area contributed by atoms with Gasteiger partial charge in [0.2, 0.25) is 0 Å². The summed E-state index contributed by atoms with van der Waals surface area (Å²) in [6.45, 7) is 0. The molecule has 0 saturated heterocycles. The number of nitrogens with zero attached hydrogens (tertiary/aromatic N) is 6. The Morgan fingerprint density at radius 1 is 0.194 bits per heavy atom. The summed E-state index contributed by atoms with van der Waals surface area (Å²) >= 11 is 0. The summed E-state index contributed by atoms with van der Waals surface area (Å²) < 4.78 is 4.74. The summed E-state index contributed by atoms with van der Waals surface area (Å²) in [5.74, 6) is 0. The van der Waals surface area contributed by atoms with E-state index in [9.17, 15) is 0 Å². The van der Waals surface area contributed by atoms with Gasteiger partial charge < -0.3 is 18.9 Å². The number of anilines is 6. The van der Waals surface area contributed by atoms with E-state index in [2.05, 4.69) is 395 Å². The van der Waals surface area contributed by atoms with E-state index in [1.54, 1.807) is 0 Å². The van der Waals surface area contributed by atoms with E-state index < -0.39 is 0 Å². The van der Waals surface area contributed by atoms with E-state index >= 15 is 0 Å². The van der Waals surface area contributed by atoms with Gasteiger partial charge in [0.15, 0.2) is 0 Å². The van der Waals surface area contributed by atoms with Crippen LogP contribution in [0.3, 0.4) is 0 Å². The summed E-state index contributed by atoms with van der Waals surface area (Å²) in [5, 5.41) is 4.75. The Labute approximate surface area is 568 Å². The molecule has 3 aromatic heterocycles. The lowest BCUT2D eigenvalue weighted by molar-refractivity contribution is 1.18. The van der Waals surface area contributed by atoms with E-state index in [4.69, 9.17) is 9.97 Å². The molecule has 0 aliphatic rings. The standard InChI is InChI=1S/C92H62N6/c1-7-23-63(24-8-1)65-39-43-67(44-40-65)79-57-58-80(68-45-41-66(42-46-68)64-25-9-2-10-26-64)92-91(79)93-89(69-47-51-75(52-48-69)95(71-27-11-3-12-28-71)77-55-59-87-83(61-77)81-35-19-21-37-85(81)97(87)73-31-15-5-16-32-73)90(94-92)70-49-53-76(54-50-70)96(72-29-13-4-14-30-72)78-56-60-88-84(62-78)82-36-20-22-38-86(82)98(88)74-33-17-6-18-34-74/h1-62H. The molecule has 6 nitrogen and oxygen atoms in total. The average molecular weight is 1250 g/mol. The molecule has 0 fully saturated rings. The number of para-hydroxylation sites is 6. The minimum Gasteiger partial charge on any atom is -0.310 e. The lowest BCUT2D eigenvalue weighted by Gasteiger charge is -2.26. The van der Waals surface area contributed by atoms with Crippen molar-refractivity contribution < 1.29 is 0 Å². The van der Waals surface area contributed by atoms with E-state index in [1.807, 2.05) is 0 Å². The highest BCUT2D eigenvalue weighted by Gasteiger charge is 2.24. The normalized spacial score (nSPS) is 11.5. The third-order valence-electron chi connectivity index (χ3n) is 19.1. The molecule has 18 aromatic rings. The molecule has 0 saturated carbocycles. The third-order valence-corrected chi connectivity index (χ3v) is 19.1. The predicted molar refractivity (Wildman–Crippen MR) is 410 cm³/mol. The van der Waals surface area contributed by atoms with Gasteiger partial charge in [-0.3, -0.25) is 0 Å². The second-order valence-electron chi connectivity index (χ2n) is 24.9. The first-order valence-corrected chi connectivity index (χ1v) is 33.4. The van der Waals surface area contributed by atoms with Gasteiger partial charge in [0.05, 0.1) is 44.5 Å². The zero-order valence-corrected chi connectivity index (χ0v) is 53.5. The van der Waals surface area contributed by atoms with Gasteiger partial charge in [0.1, 0.15) is 0 Å². The first-order chi connectivity index (χ1) is 48.6. The van der Waals surface area contributed by atoms with Crippen LogP contribution in [0.1, 0.15) is 0 Å². The van der Waals surface area contributed by atoms with Crippen LogP contribution in [0, 0.1) is 0 Å². The largest absolute Gasteiger partial charge is 0.310 e. The molecule has 0 spiro atoms. The molecule has 18 rings (SSSR count). The minimum atomic E-state index is 0.775. The maximum atomic E-state index is 5.95. The Balaban J connectivity index is 0.814. The van der Waals surface area contributed by atoms with Gasteiger partial charge >= 0.3 is 0 Å². The van der Waals surface area contributed by atoms with Crippen molar-refractivity contribution in [1.82, 2.24) is 19.1 Å². The van der Waals surface area contributed by atoms with Gasteiger partial charge in [-0.2, -0.15) is 0 Å². The Kier molecular flexibility index (Phi) is 14.5. The van der Waals surface area contributed by atoms with Crippen molar-refractivity contribution >= 4 is 88.8 Å². The Morgan fingerprint density at radius 2 is 0.469 bits per heavy atom. The molecule has 460 valence electrons. The number of rotatable bonds is 14. The molecule has 6 heteroatoms. The number of aromatic nitrogens is 4. The Morgan fingerprint density at radius 3 is 0.847 bits per heavy atom. The molecule has 0 N–H and O–H groups in total. The van der Waals surface area contributed by atoms with E-state index in [-0.39, 0.29) is 0 Å². The predicted octanol–water partition coefficient (Wildman–Crippen LogP) is 24.8. The van der Waals surface area contributed by atoms with Crippen molar-refractivity contribution in [3.63, 3.8) is 0 Å². The average Bonchev–Trinajstić information content (AvgIpc) is 1.50. The monoisotopic (exact) mass is 1250 g/mol. The van der Waals surface area contributed by atoms with Gasteiger partial charge in [-0.1, -0.05) is 255 Å². The molecule has 98 heavy (non-hydrogen) atoms. The van der Waals surface area contributed by atoms with E-state index in [1.165, 1.54) is 43.7 Å². The van der Waals surface area contributed by atoms with Crippen LogP contribution >= 0.6 is 0 Å². The lowest BCUT2D eigenvalue weighted by Crippen LogP contribution is -2.10. The van der Waals surface area contributed by atoms with Crippen molar-refractivity contribution in [3.05, 3.63) is 376 Å². The van der Waals surface area contributed by atoms with Gasteiger partial charge in [-0.25, -0.2) is 9.97 Å². The van der Waals surface area contributed by atoms with Crippen LogP contribution in [0.2, 0.25) is 0 Å². The van der Waals surface area contributed by atoms with Crippen LogP contribution in [0.5, 0.6) is 0 Å². The summed E-state index contributed by atoms with van der Waals surface area (Å²) in [5.41, 5.74) is 26.9. The summed E-state index contributed by atoms with van der Waals surface area (Å²) in [6.07, 6.45) is 0.